The third kappa shape index (κ3) is 4.60. The SMILES string of the molecule is CCCCCN1CC(C)(C)NCC1Cc1ccccc1. The Balaban J connectivity index is 1.97. The Bertz CT molecular complexity index is 386. The van der Waals surface area contributed by atoms with Gasteiger partial charge in [-0.25, -0.2) is 0 Å². The van der Waals surface area contributed by atoms with Crippen molar-refractivity contribution in [1.82, 2.24) is 10.2 Å². The predicted molar refractivity (Wildman–Crippen MR) is 87.1 cm³/mol. The van der Waals surface area contributed by atoms with Crippen LogP contribution in [0.15, 0.2) is 30.3 Å². The smallest absolute Gasteiger partial charge is 0.0261 e. The van der Waals surface area contributed by atoms with Crippen molar-refractivity contribution in [2.75, 3.05) is 19.6 Å². The number of piperazine rings is 1. The van der Waals surface area contributed by atoms with Gasteiger partial charge in [-0.1, -0.05) is 50.1 Å². The molecule has 0 amide bonds. The minimum absolute atomic E-state index is 0.249. The fraction of sp³-hybridized carbons (Fsp3) is 0.667. The minimum Gasteiger partial charge on any atom is -0.309 e. The molecule has 2 nitrogen and oxygen atoms in total. The Morgan fingerprint density at radius 3 is 2.65 bits per heavy atom. The second-order valence-corrected chi connectivity index (χ2v) is 6.79. The fourth-order valence-electron chi connectivity index (χ4n) is 3.13. The monoisotopic (exact) mass is 274 g/mol. The van der Waals surface area contributed by atoms with Crippen molar-refractivity contribution in [1.29, 1.82) is 0 Å². The summed E-state index contributed by atoms with van der Waals surface area (Å²) in [6, 6.07) is 11.6. The van der Waals surface area contributed by atoms with Crippen molar-refractivity contribution in [2.24, 2.45) is 0 Å². The summed E-state index contributed by atoms with van der Waals surface area (Å²) >= 11 is 0. The van der Waals surface area contributed by atoms with Crippen LogP contribution in [0.3, 0.4) is 0 Å². The molecule has 1 fully saturated rings. The van der Waals surface area contributed by atoms with Crippen molar-refractivity contribution in [2.45, 2.75) is 58.0 Å². The van der Waals surface area contributed by atoms with Crippen LogP contribution in [0.4, 0.5) is 0 Å². The lowest BCUT2D eigenvalue weighted by molar-refractivity contribution is 0.0931. The summed E-state index contributed by atoms with van der Waals surface area (Å²) in [6.45, 7) is 10.4. The van der Waals surface area contributed by atoms with Crippen LogP contribution < -0.4 is 5.32 Å². The van der Waals surface area contributed by atoms with Crippen LogP contribution in [0.25, 0.3) is 0 Å². The molecule has 1 unspecified atom stereocenters. The summed E-state index contributed by atoms with van der Waals surface area (Å²) < 4.78 is 0. The van der Waals surface area contributed by atoms with Crippen LogP contribution in [-0.4, -0.2) is 36.1 Å². The van der Waals surface area contributed by atoms with Crippen LogP contribution in [0.2, 0.25) is 0 Å². The first kappa shape index (κ1) is 15.5. The van der Waals surface area contributed by atoms with Crippen molar-refractivity contribution in [3.8, 4) is 0 Å². The molecule has 1 aromatic carbocycles. The molecule has 1 aromatic rings. The highest BCUT2D eigenvalue weighted by molar-refractivity contribution is 5.16. The molecule has 112 valence electrons. The molecule has 0 saturated carbocycles. The maximum atomic E-state index is 3.71. The lowest BCUT2D eigenvalue weighted by Gasteiger charge is -2.45. The second kappa shape index (κ2) is 7.24. The minimum atomic E-state index is 0.249. The number of benzene rings is 1. The first-order valence-electron chi connectivity index (χ1n) is 8.14. The lowest BCUT2D eigenvalue weighted by atomic mass is 9.95. The number of hydrogen-bond acceptors (Lipinski definition) is 2. The molecule has 1 N–H and O–H groups in total. The van der Waals surface area contributed by atoms with Crippen LogP contribution in [0.1, 0.15) is 45.6 Å². The number of rotatable bonds is 6. The molecule has 0 radical (unpaired) electrons. The van der Waals surface area contributed by atoms with Gasteiger partial charge in [-0.05, 0) is 38.8 Å². The molecule has 1 heterocycles. The summed E-state index contributed by atoms with van der Waals surface area (Å²) in [4.78, 5) is 2.71. The van der Waals surface area contributed by atoms with Crippen LogP contribution in [0, 0.1) is 0 Å². The van der Waals surface area contributed by atoms with E-state index in [1.165, 1.54) is 31.4 Å². The van der Waals surface area contributed by atoms with Gasteiger partial charge in [-0.3, -0.25) is 4.90 Å². The summed E-state index contributed by atoms with van der Waals surface area (Å²) in [5, 5.41) is 3.71. The molecule has 1 aliphatic heterocycles. The van der Waals surface area contributed by atoms with Gasteiger partial charge in [-0.15, -0.1) is 0 Å². The number of unbranched alkanes of at least 4 members (excludes halogenated alkanes) is 2. The number of nitrogens with zero attached hydrogens (tertiary/aromatic N) is 1. The van der Waals surface area contributed by atoms with Gasteiger partial charge in [0.05, 0.1) is 0 Å². The summed E-state index contributed by atoms with van der Waals surface area (Å²) in [5.74, 6) is 0. The molecule has 0 aliphatic carbocycles. The molecule has 20 heavy (non-hydrogen) atoms. The van der Waals surface area contributed by atoms with Gasteiger partial charge >= 0.3 is 0 Å². The summed E-state index contributed by atoms with van der Waals surface area (Å²) in [7, 11) is 0. The molecule has 1 aliphatic rings. The van der Waals surface area contributed by atoms with Gasteiger partial charge < -0.3 is 5.32 Å². The van der Waals surface area contributed by atoms with Crippen molar-refractivity contribution < 1.29 is 0 Å². The first-order chi connectivity index (χ1) is 9.61. The molecular formula is C18H30N2. The van der Waals surface area contributed by atoms with E-state index < -0.39 is 0 Å². The Labute approximate surface area is 124 Å². The zero-order chi connectivity index (χ0) is 14.4. The molecule has 2 rings (SSSR count). The Morgan fingerprint density at radius 2 is 1.95 bits per heavy atom. The first-order valence-corrected chi connectivity index (χ1v) is 8.14. The van der Waals surface area contributed by atoms with E-state index in [9.17, 15) is 0 Å². The van der Waals surface area contributed by atoms with E-state index in [-0.39, 0.29) is 5.54 Å². The van der Waals surface area contributed by atoms with E-state index in [1.807, 2.05) is 0 Å². The zero-order valence-electron chi connectivity index (χ0n) is 13.4. The maximum absolute atomic E-state index is 3.71. The highest BCUT2D eigenvalue weighted by atomic mass is 15.2. The summed E-state index contributed by atoms with van der Waals surface area (Å²) in [6.07, 6.45) is 5.15. The predicted octanol–water partition coefficient (Wildman–Crippen LogP) is 3.47. The largest absolute Gasteiger partial charge is 0.309 e. The van der Waals surface area contributed by atoms with Gasteiger partial charge in [0.1, 0.15) is 0 Å². The molecule has 2 heteroatoms. The zero-order valence-corrected chi connectivity index (χ0v) is 13.4. The number of hydrogen-bond donors (Lipinski definition) is 1. The van der Waals surface area contributed by atoms with Gasteiger partial charge in [0.25, 0.3) is 0 Å². The molecule has 1 atom stereocenters. The Hall–Kier alpha value is -0.860. The maximum Gasteiger partial charge on any atom is 0.0261 e. The van der Waals surface area contributed by atoms with Gasteiger partial charge in [0, 0.05) is 24.7 Å². The Kier molecular flexibility index (Phi) is 5.62. The topological polar surface area (TPSA) is 15.3 Å². The quantitative estimate of drug-likeness (QED) is 0.799. The van der Waals surface area contributed by atoms with Crippen LogP contribution >= 0.6 is 0 Å². The average Bonchev–Trinajstić information content (AvgIpc) is 2.43. The molecular weight excluding hydrogens is 244 g/mol. The van der Waals surface area contributed by atoms with E-state index in [1.54, 1.807) is 0 Å². The van der Waals surface area contributed by atoms with Gasteiger partial charge in [-0.2, -0.15) is 0 Å². The van der Waals surface area contributed by atoms with Crippen molar-refractivity contribution in [3.05, 3.63) is 35.9 Å². The van der Waals surface area contributed by atoms with Crippen molar-refractivity contribution in [3.63, 3.8) is 0 Å². The van der Waals surface area contributed by atoms with Crippen molar-refractivity contribution >= 4 is 0 Å². The second-order valence-electron chi connectivity index (χ2n) is 6.79. The molecule has 1 saturated heterocycles. The third-order valence-corrected chi connectivity index (χ3v) is 4.29. The van der Waals surface area contributed by atoms with E-state index in [0.717, 1.165) is 19.5 Å². The molecule has 0 spiro atoms. The highest BCUT2D eigenvalue weighted by Crippen LogP contribution is 2.19. The number of nitrogens with one attached hydrogen (secondary N) is 1. The van der Waals surface area contributed by atoms with Gasteiger partial charge in [0.2, 0.25) is 0 Å². The summed E-state index contributed by atoms with van der Waals surface area (Å²) in [5.41, 5.74) is 1.71. The molecule has 0 bridgehead atoms. The Morgan fingerprint density at radius 1 is 1.20 bits per heavy atom. The van der Waals surface area contributed by atoms with Crippen LogP contribution in [-0.2, 0) is 6.42 Å². The average molecular weight is 274 g/mol. The molecule has 0 aromatic heterocycles. The third-order valence-electron chi connectivity index (χ3n) is 4.29. The van der Waals surface area contributed by atoms with E-state index in [0.29, 0.717) is 6.04 Å². The highest BCUT2D eigenvalue weighted by Gasteiger charge is 2.31. The van der Waals surface area contributed by atoms with Crippen LogP contribution in [0.5, 0.6) is 0 Å². The van der Waals surface area contributed by atoms with E-state index in [4.69, 9.17) is 0 Å². The van der Waals surface area contributed by atoms with E-state index >= 15 is 0 Å². The fourth-order valence-corrected chi connectivity index (χ4v) is 3.13. The van der Waals surface area contributed by atoms with Gasteiger partial charge in [0.15, 0.2) is 0 Å². The standard InChI is InChI=1S/C18H30N2/c1-4-5-9-12-20-15-18(2,3)19-14-17(20)13-16-10-7-6-8-11-16/h6-8,10-11,17,19H,4-5,9,12-15H2,1-3H3. The van der Waals surface area contributed by atoms with E-state index in [2.05, 4.69) is 61.3 Å². The lowest BCUT2D eigenvalue weighted by Crippen LogP contribution is -2.62. The normalized spacial score (nSPS) is 22.9.